The van der Waals surface area contributed by atoms with E-state index < -0.39 is 12.0 Å². The molecule has 5 heteroatoms. The third-order valence-electron chi connectivity index (χ3n) is 1.83. The van der Waals surface area contributed by atoms with Crippen LogP contribution in [-0.4, -0.2) is 17.1 Å². The second-order valence-corrected chi connectivity index (χ2v) is 2.96. The van der Waals surface area contributed by atoms with Crippen LogP contribution in [0, 0.1) is 11.3 Å². The number of hydrogen-bond acceptors (Lipinski definition) is 4. The second-order valence-electron chi connectivity index (χ2n) is 2.96. The van der Waals surface area contributed by atoms with Gasteiger partial charge >= 0.3 is 5.97 Å². The number of aliphatic carboxylic acids is 1. The molecule has 0 heterocycles. The topological polar surface area (TPSA) is 122 Å². The Bertz CT molecular complexity index is 384. The highest BCUT2D eigenvalue weighted by molar-refractivity contribution is 5.73. The molecule has 5 nitrogen and oxygen atoms in total. The number of nitrogens with two attached hydrogens (primary N) is 1. The van der Waals surface area contributed by atoms with Crippen molar-refractivity contribution in [2.45, 2.75) is 12.5 Å². The van der Waals surface area contributed by atoms with Gasteiger partial charge < -0.3 is 17.0 Å². The van der Waals surface area contributed by atoms with E-state index in [9.17, 15) is 4.79 Å². The van der Waals surface area contributed by atoms with Crippen LogP contribution in [-0.2, 0) is 11.2 Å². The van der Waals surface area contributed by atoms with E-state index >= 15 is 0 Å². The lowest BCUT2D eigenvalue weighted by molar-refractivity contribution is -0.138. The van der Waals surface area contributed by atoms with Crippen LogP contribution in [0.4, 0.5) is 0 Å². The predicted molar refractivity (Wildman–Crippen MR) is 55.5 cm³/mol. The van der Waals surface area contributed by atoms with Gasteiger partial charge in [-0.2, -0.15) is 5.26 Å². The van der Waals surface area contributed by atoms with E-state index in [0.29, 0.717) is 5.56 Å². The van der Waals surface area contributed by atoms with Crippen molar-refractivity contribution in [2.24, 2.45) is 5.73 Å². The molecule has 1 aromatic carbocycles. The van der Waals surface area contributed by atoms with E-state index in [1.54, 1.807) is 24.3 Å². The molecule has 0 amide bonds. The lowest BCUT2D eigenvalue weighted by Crippen LogP contribution is -2.32. The highest BCUT2D eigenvalue weighted by Crippen LogP contribution is 2.06. The fourth-order valence-electron chi connectivity index (χ4n) is 1.11. The van der Waals surface area contributed by atoms with Crippen molar-refractivity contribution in [2.75, 3.05) is 0 Å². The van der Waals surface area contributed by atoms with Crippen LogP contribution in [0.1, 0.15) is 11.1 Å². The molecular formula is C10H13N3O2. The normalized spacial score (nSPS) is 10.9. The maximum atomic E-state index is 10.5. The Morgan fingerprint density at radius 1 is 1.60 bits per heavy atom. The van der Waals surface area contributed by atoms with Crippen LogP contribution in [0.25, 0.3) is 0 Å². The van der Waals surface area contributed by atoms with Gasteiger partial charge in [-0.15, -0.1) is 0 Å². The molecule has 1 rings (SSSR count). The quantitative estimate of drug-likeness (QED) is 0.672. The Morgan fingerprint density at radius 2 is 2.27 bits per heavy atom. The zero-order valence-electron chi connectivity index (χ0n) is 8.18. The fourth-order valence-corrected chi connectivity index (χ4v) is 1.11. The molecule has 0 radical (unpaired) electrons. The largest absolute Gasteiger partial charge is 0.480 e. The summed E-state index contributed by atoms with van der Waals surface area (Å²) in [6, 6.07) is 7.84. The van der Waals surface area contributed by atoms with Crippen molar-refractivity contribution in [3.63, 3.8) is 0 Å². The Labute approximate surface area is 87.7 Å². The van der Waals surface area contributed by atoms with Crippen molar-refractivity contribution in [1.29, 1.82) is 5.26 Å². The van der Waals surface area contributed by atoms with Gasteiger partial charge in [0, 0.05) is 0 Å². The summed E-state index contributed by atoms with van der Waals surface area (Å²) in [5.41, 5.74) is 6.63. The zero-order valence-corrected chi connectivity index (χ0v) is 8.18. The molecule has 0 bridgehead atoms. The molecule has 0 aliphatic heterocycles. The molecule has 80 valence electrons. The number of nitrogens with zero attached hydrogens (tertiary/aromatic N) is 1. The van der Waals surface area contributed by atoms with Gasteiger partial charge in [0.05, 0.1) is 11.6 Å². The summed E-state index contributed by atoms with van der Waals surface area (Å²) in [6.45, 7) is 0. The minimum atomic E-state index is -1.03. The van der Waals surface area contributed by atoms with Gasteiger partial charge in [-0.3, -0.25) is 4.79 Å². The Balaban J connectivity index is 0.00000196. The summed E-state index contributed by atoms with van der Waals surface area (Å²) in [7, 11) is 0. The highest BCUT2D eigenvalue weighted by Gasteiger charge is 2.11. The standard InChI is InChI=1S/C10H10N2O2.H3N/c11-6-8-3-1-2-7(4-8)5-9(12)10(13)14;/h1-4,9H,5,12H2,(H,13,14);1H3. The zero-order chi connectivity index (χ0) is 10.6. The van der Waals surface area contributed by atoms with E-state index in [1.165, 1.54) is 0 Å². The first-order valence-corrected chi connectivity index (χ1v) is 4.11. The first kappa shape index (κ1) is 13.1. The number of carboxylic acid groups (broad SMARTS) is 1. The van der Waals surface area contributed by atoms with Crippen LogP contribution in [0.3, 0.4) is 0 Å². The SMILES string of the molecule is N.N#Cc1cccc(CC(N)C(=O)O)c1. The van der Waals surface area contributed by atoms with Gasteiger partial charge in [0.1, 0.15) is 6.04 Å². The first-order valence-electron chi connectivity index (χ1n) is 4.11. The van der Waals surface area contributed by atoms with Crippen LogP contribution < -0.4 is 11.9 Å². The average Bonchev–Trinajstić information content (AvgIpc) is 2.18. The van der Waals surface area contributed by atoms with Crippen molar-refractivity contribution in [1.82, 2.24) is 6.15 Å². The molecule has 0 spiro atoms. The Hall–Kier alpha value is -1.90. The molecule has 1 aromatic rings. The number of rotatable bonds is 3. The molecule has 15 heavy (non-hydrogen) atoms. The smallest absolute Gasteiger partial charge is 0.320 e. The molecular weight excluding hydrogens is 194 g/mol. The third-order valence-corrected chi connectivity index (χ3v) is 1.83. The van der Waals surface area contributed by atoms with Crippen LogP contribution >= 0.6 is 0 Å². The lowest BCUT2D eigenvalue weighted by atomic mass is 10.0. The maximum absolute atomic E-state index is 10.5. The summed E-state index contributed by atoms with van der Waals surface area (Å²) < 4.78 is 0. The van der Waals surface area contributed by atoms with E-state index in [0.717, 1.165) is 5.56 Å². The fraction of sp³-hybridized carbons (Fsp3) is 0.200. The summed E-state index contributed by atoms with van der Waals surface area (Å²) in [5, 5.41) is 17.2. The van der Waals surface area contributed by atoms with Gasteiger partial charge in [0.2, 0.25) is 0 Å². The molecule has 1 unspecified atom stereocenters. The molecule has 0 saturated heterocycles. The minimum absolute atomic E-state index is 0. The maximum Gasteiger partial charge on any atom is 0.320 e. The molecule has 1 atom stereocenters. The highest BCUT2D eigenvalue weighted by atomic mass is 16.4. The summed E-state index contributed by atoms with van der Waals surface area (Å²) in [4.78, 5) is 10.5. The number of hydrogen-bond donors (Lipinski definition) is 3. The molecule has 0 saturated carbocycles. The van der Waals surface area contributed by atoms with E-state index in [2.05, 4.69) is 0 Å². The Kier molecular flexibility index (Phi) is 5.02. The Morgan fingerprint density at radius 3 is 2.80 bits per heavy atom. The van der Waals surface area contributed by atoms with Crippen LogP contribution in [0.15, 0.2) is 24.3 Å². The minimum Gasteiger partial charge on any atom is -0.480 e. The van der Waals surface area contributed by atoms with Crippen molar-refractivity contribution in [3.8, 4) is 6.07 Å². The predicted octanol–water partition coefficient (Wildman–Crippen LogP) is 0.675. The van der Waals surface area contributed by atoms with Gasteiger partial charge in [-0.25, -0.2) is 0 Å². The van der Waals surface area contributed by atoms with Gasteiger partial charge in [0.25, 0.3) is 0 Å². The van der Waals surface area contributed by atoms with Gasteiger partial charge in [0.15, 0.2) is 0 Å². The molecule has 0 aliphatic carbocycles. The number of benzene rings is 1. The average molecular weight is 207 g/mol. The van der Waals surface area contributed by atoms with Crippen molar-refractivity contribution < 1.29 is 9.90 Å². The molecule has 0 aliphatic rings. The van der Waals surface area contributed by atoms with E-state index in [4.69, 9.17) is 16.1 Å². The second kappa shape index (κ2) is 5.75. The van der Waals surface area contributed by atoms with Crippen molar-refractivity contribution in [3.05, 3.63) is 35.4 Å². The molecule has 6 N–H and O–H groups in total. The number of nitriles is 1. The molecule has 0 fully saturated rings. The van der Waals surface area contributed by atoms with Crippen LogP contribution in [0.2, 0.25) is 0 Å². The van der Waals surface area contributed by atoms with Gasteiger partial charge in [-0.05, 0) is 24.1 Å². The number of carbonyl (C=O) groups is 1. The van der Waals surface area contributed by atoms with Crippen LogP contribution in [0.5, 0.6) is 0 Å². The summed E-state index contributed by atoms with van der Waals surface area (Å²) in [6.07, 6.45) is 0.241. The lowest BCUT2D eigenvalue weighted by Gasteiger charge is -2.05. The monoisotopic (exact) mass is 207 g/mol. The van der Waals surface area contributed by atoms with Crippen molar-refractivity contribution >= 4 is 5.97 Å². The summed E-state index contributed by atoms with van der Waals surface area (Å²) in [5.74, 6) is -1.03. The van der Waals surface area contributed by atoms with E-state index in [1.807, 2.05) is 6.07 Å². The molecule has 0 aromatic heterocycles. The third kappa shape index (κ3) is 3.77. The first-order chi connectivity index (χ1) is 6.63. The number of carboxylic acids is 1. The van der Waals surface area contributed by atoms with Gasteiger partial charge in [-0.1, -0.05) is 12.1 Å². The van der Waals surface area contributed by atoms with E-state index in [-0.39, 0.29) is 12.6 Å². The summed E-state index contributed by atoms with van der Waals surface area (Å²) >= 11 is 0.